The lowest BCUT2D eigenvalue weighted by molar-refractivity contribution is 0.101. The number of thiazole rings is 1. The molecule has 18 heavy (non-hydrogen) atoms. The van der Waals surface area contributed by atoms with Gasteiger partial charge in [0.25, 0.3) is 0 Å². The molecule has 0 aliphatic heterocycles. The summed E-state index contributed by atoms with van der Waals surface area (Å²) in [5, 5.41) is 2.49. The van der Waals surface area contributed by atoms with Crippen molar-refractivity contribution in [2.24, 2.45) is 0 Å². The number of rotatable bonds is 4. The quantitative estimate of drug-likeness (QED) is 0.795. The summed E-state index contributed by atoms with van der Waals surface area (Å²) in [6.45, 7) is 2.05. The van der Waals surface area contributed by atoms with Crippen molar-refractivity contribution in [3.63, 3.8) is 0 Å². The molecule has 0 spiro atoms. The van der Waals surface area contributed by atoms with Crippen LogP contribution in [0.15, 0.2) is 29.6 Å². The van der Waals surface area contributed by atoms with Crippen LogP contribution in [0.25, 0.3) is 0 Å². The van der Waals surface area contributed by atoms with Crippen LogP contribution in [-0.2, 0) is 6.54 Å². The molecule has 94 valence electrons. The maximum atomic E-state index is 13.1. The summed E-state index contributed by atoms with van der Waals surface area (Å²) < 4.78 is 13.1. The first kappa shape index (κ1) is 12.7. The predicted molar refractivity (Wildman–Crippen MR) is 70.6 cm³/mol. The number of hydrogen-bond acceptors (Lipinski definition) is 4. The second-order valence-electron chi connectivity index (χ2n) is 4.06. The Bertz CT molecular complexity index is 568. The Balaban J connectivity index is 2.11. The van der Waals surface area contributed by atoms with Gasteiger partial charge in [0.2, 0.25) is 0 Å². The van der Waals surface area contributed by atoms with Crippen molar-refractivity contribution >= 4 is 22.3 Å². The summed E-state index contributed by atoms with van der Waals surface area (Å²) >= 11 is 1.41. The molecular weight excluding hydrogens is 251 g/mol. The van der Waals surface area contributed by atoms with Gasteiger partial charge in [0, 0.05) is 25.9 Å². The molecule has 0 unspecified atom stereocenters. The van der Waals surface area contributed by atoms with E-state index in [-0.39, 0.29) is 11.6 Å². The first-order valence-corrected chi connectivity index (χ1v) is 6.36. The van der Waals surface area contributed by atoms with E-state index in [9.17, 15) is 9.18 Å². The molecule has 0 saturated heterocycles. The molecule has 0 fully saturated rings. The molecule has 3 nitrogen and oxygen atoms in total. The molecule has 1 aromatic carbocycles. The monoisotopic (exact) mass is 264 g/mol. The highest BCUT2D eigenvalue weighted by Gasteiger charge is 2.10. The standard InChI is InChI=1S/C13H13FN2OS/c1-9(17)12-8-18-13(15-12)16(2)7-10-4-3-5-11(14)6-10/h3-6,8H,7H2,1-2H3. The molecule has 0 amide bonds. The maximum absolute atomic E-state index is 13.1. The van der Waals surface area contributed by atoms with Gasteiger partial charge >= 0.3 is 0 Å². The molecule has 1 heterocycles. The van der Waals surface area contributed by atoms with Crippen LogP contribution < -0.4 is 4.90 Å². The highest BCUT2D eigenvalue weighted by molar-refractivity contribution is 7.13. The highest BCUT2D eigenvalue weighted by atomic mass is 32.1. The second-order valence-corrected chi connectivity index (χ2v) is 4.89. The van der Waals surface area contributed by atoms with Gasteiger partial charge in [-0.1, -0.05) is 12.1 Å². The molecule has 5 heteroatoms. The first-order chi connectivity index (χ1) is 8.56. The van der Waals surface area contributed by atoms with E-state index in [1.54, 1.807) is 11.4 Å². The molecule has 0 saturated carbocycles. The van der Waals surface area contributed by atoms with Gasteiger partial charge in [-0.05, 0) is 17.7 Å². The average molecular weight is 264 g/mol. The summed E-state index contributed by atoms with van der Waals surface area (Å²) in [7, 11) is 1.87. The first-order valence-electron chi connectivity index (χ1n) is 5.48. The zero-order chi connectivity index (χ0) is 13.1. The van der Waals surface area contributed by atoms with Crippen LogP contribution in [0.5, 0.6) is 0 Å². The lowest BCUT2D eigenvalue weighted by atomic mass is 10.2. The smallest absolute Gasteiger partial charge is 0.186 e. The zero-order valence-corrected chi connectivity index (χ0v) is 11.0. The third-order valence-corrected chi connectivity index (χ3v) is 3.44. The Kier molecular flexibility index (Phi) is 3.72. The summed E-state index contributed by atoms with van der Waals surface area (Å²) in [6, 6.07) is 6.46. The Morgan fingerprint density at radius 2 is 2.28 bits per heavy atom. The van der Waals surface area contributed by atoms with Crippen molar-refractivity contribution in [1.29, 1.82) is 0 Å². The fraction of sp³-hybridized carbons (Fsp3) is 0.231. The number of halogens is 1. The number of aromatic nitrogens is 1. The Hall–Kier alpha value is -1.75. The number of ketones is 1. The second kappa shape index (κ2) is 5.27. The fourth-order valence-electron chi connectivity index (χ4n) is 1.58. The predicted octanol–water partition coefficient (Wildman–Crippen LogP) is 3.12. The van der Waals surface area contributed by atoms with Gasteiger partial charge in [-0.2, -0.15) is 0 Å². The molecule has 0 aliphatic rings. The number of carbonyl (C=O) groups excluding carboxylic acids is 1. The molecule has 1 aromatic heterocycles. The SMILES string of the molecule is CC(=O)c1csc(N(C)Cc2cccc(F)c2)n1. The van der Waals surface area contributed by atoms with Gasteiger partial charge in [-0.15, -0.1) is 11.3 Å². The Morgan fingerprint density at radius 1 is 1.50 bits per heavy atom. The lowest BCUT2D eigenvalue weighted by Gasteiger charge is -2.15. The number of nitrogens with zero attached hydrogens (tertiary/aromatic N) is 2. The third kappa shape index (κ3) is 2.92. The van der Waals surface area contributed by atoms with E-state index in [0.717, 1.165) is 10.7 Å². The molecule has 0 atom stereocenters. The number of anilines is 1. The summed E-state index contributed by atoms with van der Waals surface area (Å²) in [6.07, 6.45) is 0. The number of carbonyl (C=O) groups is 1. The maximum Gasteiger partial charge on any atom is 0.186 e. The van der Waals surface area contributed by atoms with Crippen LogP contribution in [0.3, 0.4) is 0 Å². The average Bonchev–Trinajstić information content (AvgIpc) is 2.78. The molecule has 2 rings (SSSR count). The molecule has 0 radical (unpaired) electrons. The molecular formula is C13H13FN2OS. The van der Waals surface area contributed by atoms with Gasteiger partial charge in [-0.3, -0.25) is 4.79 Å². The van der Waals surface area contributed by atoms with Gasteiger partial charge < -0.3 is 4.90 Å². The van der Waals surface area contributed by atoms with E-state index in [4.69, 9.17) is 0 Å². The molecule has 0 aliphatic carbocycles. The van der Waals surface area contributed by atoms with Crippen molar-refractivity contribution in [2.45, 2.75) is 13.5 Å². The van der Waals surface area contributed by atoms with Crippen LogP contribution in [-0.4, -0.2) is 17.8 Å². The fourth-order valence-corrected chi connectivity index (χ4v) is 2.41. The summed E-state index contributed by atoms with van der Waals surface area (Å²) in [5.74, 6) is -0.291. The number of Topliss-reactive ketones (excluding diaryl/α,β-unsaturated/α-hetero) is 1. The normalized spacial score (nSPS) is 10.4. The van der Waals surface area contributed by atoms with Crippen LogP contribution in [0.4, 0.5) is 9.52 Å². The topological polar surface area (TPSA) is 33.2 Å². The summed E-state index contributed by atoms with van der Waals surface area (Å²) in [4.78, 5) is 17.3. The largest absolute Gasteiger partial charge is 0.347 e. The minimum absolute atomic E-state index is 0.0448. The molecule has 0 N–H and O–H groups in total. The molecule has 0 bridgehead atoms. The number of hydrogen-bond donors (Lipinski definition) is 0. The van der Waals surface area contributed by atoms with Gasteiger partial charge in [0.05, 0.1) is 0 Å². The van der Waals surface area contributed by atoms with Gasteiger partial charge in [-0.25, -0.2) is 9.37 Å². The lowest BCUT2D eigenvalue weighted by Crippen LogP contribution is -2.16. The highest BCUT2D eigenvalue weighted by Crippen LogP contribution is 2.21. The van der Waals surface area contributed by atoms with E-state index >= 15 is 0 Å². The Morgan fingerprint density at radius 3 is 2.89 bits per heavy atom. The molecule has 2 aromatic rings. The van der Waals surface area contributed by atoms with E-state index in [1.807, 2.05) is 18.0 Å². The van der Waals surface area contributed by atoms with Crippen LogP contribution in [0, 0.1) is 5.82 Å². The van der Waals surface area contributed by atoms with Crippen molar-refractivity contribution < 1.29 is 9.18 Å². The van der Waals surface area contributed by atoms with Gasteiger partial charge in [0.15, 0.2) is 10.9 Å². The third-order valence-electron chi connectivity index (χ3n) is 2.49. The van der Waals surface area contributed by atoms with Crippen molar-refractivity contribution in [1.82, 2.24) is 4.98 Å². The van der Waals surface area contributed by atoms with E-state index in [1.165, 1.54) is 30.4 Å². The Labute approximate surface area is 109 Å². The summed E-state index contributed by atoms with van der Waals surface area (Å²) in [5.41, 5.74) is 1.35. The van der Waals surface area contributed by atoms with Crippen molar-refractivity contribution in [3.8, 4) is 0 Å². The van der Waals surface area contributed by atoms with E-state index in [2.05, 4.69) is 4.98 Å². The van der Waals surface area contributed by atoms with Crippen LogP contribution in [0.2, 0.25) is 0 Å². The van der Waals surface area contributed by atoms with Gasteiger partial charge in [0.1, 0.15) is 11.5 Å². The van der Waals surface area contributed by atoms with Crippen LogP contribution >= 0.6 is 11.3 Å². The number of benzene rings is 1. The van der Waals surface area contributed by atoms with Crippen molar-refractivity contribution in [3.05, 3.63) is 46.7 Å². The van der Waals surface area contributed by atoms with E-state index < -0.39 is 0 Å². The minimum Gasteiger partial charge on any atom is -0.347 e. The van der Waals surface area contributed by atoms with E-state index in [0.29, 0.717) is 12.2 Å². The van der Waals surface area contributed by atoms with Crippen molar-refractivity contribution in [2.75, 3.05) is 11.9 Å². The zero-order valence-electron chi connectivity index (χ0n) is 10.2. The van der Waals surface area contributed by atoms with Crippen LogP contribution in [0.1, 0.15) is 23.0 Å². The minimum atomic E-state index is -0.246.